The van der Waals surface area contributed by atoms with E-state index in [0.717, 1.165) is 37.6 Å². The Labute approximate surface area is 183 Å². The predicted molar refractivity (Wildman–Crippen MR) is 122 cm³/mol. The van der Waals surface area contributed by atoms with Crippen LogP contribution in [0.15, 0.2) is 48.7 Å². The van der Waals surface area contributed by atoms with Crippen LogP contribution in [0, 0.1) is 0 Å². The van der Waals surface area contributed by atoms with Crippen molar-refractivity contribution in [3.63, 3.8) is 0 Å². The van der Waals surface area contributed by atoms with Crippen molar-refractivity contribution in [2.24, 2.45) is 0 Å². The fourth-order valence-electron chi connectivity index (χ4n) is 4.04. The van der Waals surface area contributed by atoms with Gasteiger partial charge in [-0.05, 0) is 24.7 Å². The molecule has 166 valence electrons. The summed E-state index contributed by atoms with van der Waals surface area (Å²) in [7, 11) is -0.911. The zero-order valence-electron chi connectivity index (χ0n) is 17.8. The Balaban J connectivity index is 1.47. The molecule has 3 heterocycles. The maximum Gasteiger partial charge on any atom is 0.246 e. The number of carbonyl (C=O) groups is 1. The number of hydrogen-bond acceptors (Lipinski definition) is 7. The smallest absolute Gasteiger partial charge is 0.246 e. The van der Waals surface area contributed by atoms with Gasteiger partial charge in [0.05, 0.1) is 23.4 Å². The highest BCUT2D eigenvalue weighted by molar-refractivity contribution is 7.91. The Bertz CT molecular complexity index is 976. The molecular weight excluding hydrogens is 414 g/mol. The second-order valence-corrected chi connectivity index (χ2v) is 10.5. The molecular formula is C22H29N5O3S. The first kappa shape index (κ1) is 21.7. The summed E-state index contributed by atoms with van der Waals surface area (Å²) in [5.41, 5.74) is 1.48. The molecule has 2 saturated heterocycles. The number of anilines is 2. The van der Waals surface area contributed by atoms with Crippen LogP contribution in [0.3, 0.4) is 0 Å². The van der Waals surface area contributed by atoms with Crippen molar-refractivity contribution in [3.8, 4) is 0 Å². The predicted octanol–water partition coefficient (Wildman–Crippen LogP) is 1.24. The molecule has 8 nitrogen and oxygen atoms in total. The van der Waals surface area contributed by atoms with Crippen LogP contribution >= 0.6 is 0 Å². The number of amides is 1. The van der Waals surface area contributed by atoms with Crippen LogP contribution in [0.5, 0.6) is 0 Å². The number of benzene rings is 1. The summed E-state index contributed by atoms with van der Waals surface area (Å²) in [6.07, 6.45) is 1.69. The lowest BCUT2D eigenvalue weighted by Gasteiger charge is -2.34. The minimum atomic E-state index is -3.03. The van der Waals surface area contributed by atoms with E-state index < -0.39 is 15.9 Å². The second kappa shape index (κ2) is 9.33. The van der Waals surface area contributed by atoms with Crippen LogP contribution < -0.4 is 10.2 Å². The molecule has 0 saturated carbocycles. The molecule has 2 aliphatic rings. The number of pyridine rings is 1. The highest BCUT2D eigenvalue weighted by Crippen LogP contribution is 2.25. The number of rotatable bonds is 5. The fraction of sp³-hybridized carbons (Fsp3) is 0.455. The third-order valence-corrected chi connectivity index (χ3v) is 7.56. The van der Waals surface area contributed by atoms with Gasteiger partial charge in [0.15, 0.2) is 9.84 Å². The summed E-state index contributed by atoms with van der Waals surface area (Å²) < 4.78 is 23.7. The van der Waals surface area contributed by atoms with Gasteiger partial charge in [-0.1, -0.05) is 30.3 Å². The lowest BCUT2D eigenvalue weighted by atomic mass is 10.0. The number of hydrogen-bond donors (Lipinski definition) is 1. The van der Waals surface area contributed by atoms with Crippen molar-refractivity contribution >= 4 is 27.2 Å². The Morgan fingerprint density at radius 3 is 2.26 bits per heavy atom. The molecule has 1 atom stereocenters. The molecule has 2 aromatic rings. The van der Waals surface area contributed by atoms with Crippen LogP contribution in [0.2, 0.25) is 0 Å². The molecule has 1 aromatic carbocycles. The van der Waals surface area contributed by atoms with Gasteiger partial charge in [-0.25, -0.2) is 13.4 Å². The van der Waals surface area contributed by atoms with Gasteiger partial charge in [-0.15, -0.1) is 0 Å². The zero-order valence-corrected chi connectivity index (χ0v) is 18.6. The van der Waals surface area contributed by atoms with Crippen molar-refractivity contribution in [2.75, 3.05) is 68.0 Å². The van der Waals surface area contributed by atoms with E-state index in [-0.39, 0.29) is 17.4 Å². The topological polar surface area (TPSA) is 85.9 Å². The van der Waals surface area contributed by atoms with E-state index in [0.29, 0.717) is 18.8 Å². The lowest BCUT2D eigenvalue weighted by molar-refractivity contribution is -0.121. The summed E-state index contributed by atoms with van der Waals surface area (Å²) in [6, 6.07) is 12.8. The number of aromatic nitrogens is 1. The monoisotopic (exact) mass is 443 g/mol. The SMILES string of the molecule is CN1CCN(c2ccc(NC(=O)C(c3ccccc3)N3CCS(=O)(=O)CC3)cn2)CC1. The van der Waals surface area contributed by atoms with Gasteiger partial charge >= 0.3 is 0 Å². The van der Waals surface area contributed by atoms with Crippen molar-refractivity contribution in [3.05, 3.63) is 54.2 Å². The zero-order chi connectivity index (χ0) is 21.8. The van der Waals surface area contributed by atoms with Crippen molar-refractivity contribution in [1.29, 1.82) is 0 Å². The van der Waals surface area contributed by atoms with Crippen LogP contribution in [-0.4, -0.2) is 86.9 Å². The first-order chi connectivity index (χ1) is 14.9. The summed E-state index contributed by atoms with van der Waals surface area (Å²) in [5, 5.41) is 2.98. The molecule has 4 rings (SSSR count). The van der Waals surface area contributed by atoms with E-state index in [1.165, 1.54) is 0 Å². The molecule has 1 N–H and O–H groups in total. The van der Waals surface area contributed by atoms with Crippen molar-refractivity contribution in [1.82, 2.24) is 14.8 Å². The molecule has 1 amide bonds. The van der Waals surface area contributed by atoms with Gasteiger partial charge in [0.2, 0.25) is 5.91 Å². The molecule has 2 fully saturated rings. The summed E-state index contributed by atoms with van der Waals surface area (Å²) in [5.74, 6) is 0.877. The quantitative estimate of drug-likeness (QED) is 0.744. The Kier molecular flexibility index (Phi) is 6.54. The number of nitrogens with one attached hydrogen (secondary N) is 1. The maximum atomic E-state index is 13.3. The third-order valence-electron chi connectivity index (χ3n) is 5.95. The molecule has 0 bridgehead atoms. The number of carbonyl (C=O) groups excluding carboxylic acids is 1. The van der Waals surface area contributed by atoms with Gasteiger partial charge in [-0.3, -0.25) is 9.69 Å². The normalized spacial score (nSPS) is 20.9. The number of piperazine rings is 1. The van der Waals surface area contributed by atoms with E-state index in [9.17, 15) is 13.2 Å². The molecule has 31 heavy (non-hydrogen) atoms. The molecule has 1 aromatic heterocycles. The molecule has 2 aliphatic heterocycles. The van der Waals surface area contributed by atoms with Gasteiger partial charge in [0.25, 0.3) is 0 Å². The van der Waals surface area contributed by atoms with Crippen LogP contribution in [0.1, 0.15) is 11.6 Å². The number of nitrogens with zero attached hydrogens (tertiary/aromatic N) is 4. The summed E-state index contributed by atoms with van der Waals surface area (Å²) in [4.78, 5) is 24.3. The van der Waals surface area contributed by atoms with E-state index in [2.05, 4.69) is 27.1 Å². The maximum absolute atomic E-state index is 13.3. The molecule has 1 unspecified atom stereocenters. The highest BCUT2D eigenvalue weighted by atomic mass is 32.2. The average molecular weight is 444 g/mol. The largest absolute Gasteiger partial charge is 0.354 e. The Morgan fingerprint density at radius 2 is 1.65 bits per heavy atom. The molecule has 0 spiro atoms. The average Bonchev–Trinajstić information content (AvgIpc) is 2.77. The standard InChI is InChI=1S/C22H29N5O3S/c1-25-9-11-26(12-10-25)20-8-7-19(17-23-20)24-22(28)21(18-5-3-2-4-6-18)27-13-15-31(29,30)16-14-27/h2-8,17,21H,9-16H2,1H3,(H,24,28). The van der Waals surface area contributed by atoms with Crippen LogP contribution in [0.25, 0.3) is 0 Å². The van der Waals surface area contributed by atoms with E-state index in [4.69, 9.17) is 0 Å². The number of likely N-dealkylation sites (N-methyl/N-ethyl adjacent to an activating group) is 1. The summed E-state index contributed by atoms with van der Waals surface area (Å²) >= 11 is 0. The van der Waals surface area contributed by atoms with E-state index in [1.807, 2.05) is 47.4 Å². The minimum Gasteiger partial charge on any atom is -0.354 e. The first-order valence-electron chi connectivity index (χ1n) is 10.6. The molecule has 9 heteroatoms. The molecule has 0 aliphatic carbocycles. The Hall–Kier alpha value is -2.49. The van der Waals surface area contributed by atoms with Gasteiger partial charge in [0, 0.05) is 39.3 Å². The van der Waals surface area contributed by atoms with Crippen molar-refractivity contribution in [2.45, 2.75) is 6.04 Å². The summed E-state index contributed by atoms with van der Waals surface area (Å²) in [6.45, 7) is 4.56. The minimum absolute atomic E-state index is 0.0743. The van der Waals surface area contributed by atoms with E-state index in [1.54, 1.807) is 6.20 Å². The van der Waals surface area contributed by atoms with Crippen LogP contribution in [0.4, 0.5) is 11.5 Å². The van der Waals surface area contributed by atoms with Crippen LogP contribution in [-0.2, 0) is 14.6 Å². The lowest BCUT2D eigenvalue weighted by Crippen LogP contribution is -2.46. The van der Waals surface area contributed by atoms with Gasteiger partial charge < -0.3 is 15.1 Å². The molecule has 0 radical (unpaired) electrons. The highest BCUT2D eigenvalue weighted by Gasteiger charge is 2.32. The van der Waals surface area contributed by atoms with Gasteiger partial charge in [-0.2, -0.15) is 0 Å². The Morgan fingerprint density at radius 1 is 0.968 bits per heavy atom. The van der Waals surface area contributed by atoms with E-state index >= 15 is 0 Å². The third kappa shape index (κ3) is 5.41. The van der Waals surface area contributed by atoms with Crippen molar-refractivity contribution < 1.29 is 13.2 Å². The van der Waals surface area contributed by atoms with Gasteiger partial charge in [0.1, 0.15) is 11.9 Å². The second-order valence-electron chi connectivity index (χ2n) is 8.19. The number of sulfone groups is 1. The fourth-order valence-corrected chi connectivity index (χ4v) is 5.27. The first-order valence-corrected chi connectivity index (χ1v) is 12.4.